The SMILES string of the molecule is CCc1cccc(C)c1NC(=O)c1ccc(N(CC)S(C)(=O)=O)cc1. The monoisotopic (exact) mass is 360 g/mol. The number of rotatable bonds is 6. The van der Waals surface area contributed by atoms with Crippen LogP contribution in [0.5, 0.6) is 0 Å². The molecule has 134 valence electrons. The molecule has 0 fully saturated rings. The van der Waals surface area contributed by atoms with Crippen molar-refractivity contribution in [1.82, 2.24) is 0 Å². The third-order valence-electron chi connectivity index (χ3n) is 4.08. The minimum atomic E-state index is -3.33. The highest BCUT2D eigenvalue weighted by molar-refractivity contribution is 7.92. The average Bonchev–Trinajstić information content (AvgIpc) is 2.56. The number of amides is 1. The van der Waals surface area contributed by atoms with Crippen LogP contribution in [0.2, 0.25) is 0 Å². The lowest BCUT2D eigenvalue weighted by molar-refractivity contribution is 0.102. The van der Waals surface area contributed by atoms with Gasteiger partial charge in [-0.05, 0) is 55.7 Å². The maximum absolute atomic E-state index is 12.5. The maximum Gasteiger partial charge on any atom is 0.255 e. The third kappa shape index (κ3) is 4.39. The van der Waals surface area contributed by atoms with Crippen molar-refractivity contribution in [2.75, 3.05) is 22.4 Å². The molecular formula is C19H24N2O3S. The second-order valence-corrected chi connectivity index (χ2v) is 7.80. The van der Waals surface area contributed by atoms with Crippen LogP contribution >= 0.6 is 0 Å². The van der Waals surface area contributed by atoms with Crippen molar-refractivity contribution < 1.29 is 13.2 Å². The van der Waals surface area contributed by atoms with Crippen molar-refractivity contribution in [3.8, 4) is 0 Å². The predicted octanol–water partition coefficient (Wildman–Crippen LogP) is 3.60. The van der Waals surface area contributed by atoms with Gasteiger partial charge in [0.25, 0.3) is 5.91 Å². The summed E-state index contributed by atoms with van der Waals surface area (Å²) >= 11 is 0. The second-order valence-electron chi connectivity index (χ2n) is 5.89. The summed E-state index contributed by atoms with van der Waals surface area (Å²) in [4.78, 5) is 12.5. The zero-order valence-electron chi connectivity index (χ0n) is 15.0. The number of anilines is 2. The highest BCUT2D eigenvalue weighted by Gasteiger charge is 2.16. The number of aryl methyl sites for hydroxylation is 2. The highest BCUT2D eigenvalue weighted by Crippen LogP contribution is 2.23. The molecule has 0 heterocycles. The van der Waals surface area contributed by atoms with Crippen LogP contribution in [0.4, 0.5) is 11.4 Å². The van der Waals surface area contributed by atoms with E-state index in [0.29, 0.717) is 17.8 Å². The zero-order valence-corrected chi connectivity index (χ0v) is 15.9. The fourth-order valence-electron chi connectivity index (χ4n) is 2.78. The quantitative estimate of drug-likeness (QED) is 0.856. The molecule has 1 N–H and O–H groups in total. The Bertz CT molecular complexity index is 859. The Morgan fingerprint density at radius 2 is 1.72 bits per heavy atom. The number of nitrogens with zero attached hydrogens (tertiary/aromatic N) is 1. The van der Waals surface area contributed by atoms with E-state index in [9.17, 15) is 13.2 Å². The first-order valence-corrected chi connectivity index (χ1v) is 10.1. The zero-order chi connectivity index (χ0) is 18.6. The minimum Gasteiger partial charge on any atom is -0.321 e. The van der Waals surface area contributed by atoms with Gasteiger partial charge in [0, 0.05) is 17.8 Å². The lowest BCUT2D eigenvalue weighted by Gasteiger charge is -2.20. The summed E-state index contributed by atoms with van der Waals surface area (Å²) < 4.78 is 24.9. The predicted molar refractivity (Wildman–Crippen MR) is 103 cm³/mol. The van der Waals surface area contributed by atoms with E-state index in [1.807, 2.05) is 32.0 Å². The molecule has 0 radical (unpaired) electrons. The Balaban J connectivity index is 2.25. The van der Waals surface area contributed by atoms with Gasteiger partial charge in [-0.1, -0.05) is 25.1 Å². The van der Waals surface area contributed by atoms with Crippen LogP contribution in [0, 0.1) is 6.92 Å². The lowest BCUT2D eigenvalue weighted by atomic mass is 10.1. The van der Waals surface area contributed by atoms with E-state index in [2.05, 4.69) is 5.32 Å². The first-order chi connectivity index (χ1) is 11.8. The smallest absolute Gasteiger partial charge is 0.255 e. The molecule has 0 saturated heterocycles. The first kappa shape index (κ1) is 19.0. The highest BCUT2D eigenvalue weighted by atomic mass is 32.2. The van der Waals surface area contributed by atoms with Crippen molar-refractivity contribution in [2.24, 2.45) is 0 Å². The van der Waals surface area contributed by atoms with Gasteiger partial charge in [0.15, 0.2) is 0 Å². The molecule has 0 atom stereocenters. The molecular weight excluding hydrogens is 336 g/mol. The molecule has 2 rings (SSSR count). The summed E-state index contributed by atoms with van der Waals surface area (Å²) in [6, 6.07) is 12.5. The number of carbonyl (C=O) groups excluding carboxylic acids is 1. The summed E-state index contributed by atoms with van der Waals surface area (Å²) in [5.41, 5.74) is 3.97. The van der Waals surface area contributed by atoms with Crippen LogP contribution in [-0.4, -0.2) is 27.1 Å². The van der Waals surface area contributed by atoms with Gasteiger partial charge >= 0.3 is 0 Å². The van der Waals surface area contributed by atoms with Crippen molar-refractivity contribution in [3.63, 3.8) is 0 Å². The van der Waals surface area contributed by atoms with Crippen LogP contribution in [0.3, 0.4) is 0 Å². The summed E-state index contributed by atoms with van der Waals surface area (Å²) in [6.45, 7) is 6.12. The molecule has 0 spiro atoms. The van der Waals surface area contributed by atoms with E-state index >= 15 is 0 Å². The Morgan fingerprint density at radius 1 is 1.08 bits per heavy atom. The van der Waals surface area contributed by atoms with E-state index in [1.54, 1.807) is 31.2 Å². The lowest BCUT2D eigenvalue weighted by Crippen LogP contribution is -2.29. The standard InChI is InChI=1S/C19H24N2O3S/c1-5-15-9-7-8-14(3)18(15)20-19(22)16-10-12-17(13-11-16)21(6-2)25(4,23)24/h7-13H,5-6H2,1-4H3,(H,20,22). The van der Waals surface area contributed by atoms with Crippen molar-refractivity contribution in [2.45, 2.75) is 27.2 Å². The summed E-state index contributed by atoms with van der Waals surface area (Å²) in [5, 5.41) is 2.97. The van der Waals surface area contributed by atoms with E-state index in [1.165, 1.54) is 10.6 Å². The average molecular weight is 360 g/mol. The van der Waals surface area contributed by atoms with Crippen LogP contribution in [-0.2, 0) is 16.4 Å². The van der Waals surface area contributed by atoms with Gasteiger partial charge in [-0.25, -0.2) is 8.42 Å². The molecule has 0 saturated carbocycles. The third-order valence-corrected chi connectivity index (χ3v) is 5.35. The van der Waals surface area contributed by atoms with Gasteiger partial charge in [0.1, 0.15) is 0 Å². The number of hydrogen-bond donors (Lipinski definition) is 1. The molecule has 5 nitrogen and oxygen atoms in total. The topological polar surface area (TPSA) is 66.5 Å². The fraction of sp³-hybridized carbons (Fsp3) is 0.316. The molecule has 0 aromatic heterocycles. The number of sulfonamides is 1. The molecule has 1 amide bonds. The minimum absolute atomic E-state index is 0.210. The van der Waals surface area contributed by atoms with Crippen molar-refractivity contribution in [3.05, 3.63) is 59.2 Å². The number of nitrogens with one attached hydrogen (secondary N) is 1. The summed E-state index contributed by atoms with van der Waals surface area (Å²) in [5.74, 6) is -0.210. The van der Waals surface area contributed by atoms with Gasteiger partial charge in [-0.2, -0.15) is 0 Å². The largest absolute Gasteiger partial charge is 0.321 e. The van der Waals surface area contributed by atoms with Gasteiger partial charge in [-0.15, -0.1) is 0 Å². The van der Waals surface area contributed by atoms with Crippen molar-refractivity contribution >= 4 is 27.3 Å². The molecule has 0 aliphatic heterocycles. The Hall–Kier alpha value is -2.34. The first-order valence-electron chi connectivity index (χ1n) is 8.25. The van der Waals surface area contributed by atoms with Gasteiger partial charge in [0.05, 0.1) is 11.9 Å². The molecule has 0 aliphatic rings. The van der Waals surface area contributed by atoms with Crippen LogP contribution in [0.25, 0.3) is 0 Å². The number of benzene rings is 2. The van der Waals surface area contributed by atoms with E-state index in [0.717, 1.165) is 23.2 Å². The summed E-state index contributed by atoms with van der Waals surface area (Å²) in [6.07, 6.45) is 2.00. The maximum atomic E-state index is 12.5. The molecule has 0 bridgehead atoms. The van der Waals surface area contributed by atoms with Crippen LogP contribution in [0.1, 0.15) is 35.3 Å². The van der Waals surface area contributed by atoms with Crippen LogP contribution < -0.4 is 9.62 Å². The van der Waals surface area contributed by atoms with Gasteiger partial charge in [-0.3, -0.25) is 9.10 Å². The number of hydrogen-bond acceptors (Lipinski definition) is 3. The van der Waals surface area contributed by atoms with Crippen LogP contribution in [0.15, 0.2) is 42.5 Å². The summed E-state index contributed by atoms with van der Waals surface area (Å²) in [7, 11) is -3.33. The van der Waals surface area contributed by atoms with E-state index in [4.69, 9.17) is 0 Å². The Morgan fingerprint density at radius 3 is 2.24 bits per heavy atom. The molecule has 6 heteroatoms. The van der Waals surface area contributed by atoms with Gasteiger partial charge in [0.2, 0.25) is 10.0 Å². The molecule has 2 aromatic rings. The van der Waals surface area contributed by atoms with E-state index in [-0.39, 0.29) is 5.91 Å². The molecule has 0 aliphatic carbocycles. The normalized spacial score (nSPS) is 11.2. The molecule has 0 unspecified atom stereocenters. The Labute approximate surface area is 149 Å². The van der Waals surface area contributed by atoms with Crippen molar-refractivity contribution in [1.29, 1.82) is 0 Å². The molecule has 2 aromatic carbocycles. The number of para-hydroxylation sites is 1. The van der Waals surface area contributed by atoms with Gasteiger partial charge < -0.3 is 5.32 Å². The van der Waals surface area contributed by atoms with E-state index < -0.39 is 10.0 Å². The second kappa shape index (κ2) is 7.70. The molecule has 25 heavy (non-hydrogen) atoms. The number of carbonyl (C=O) groups is 1. The fourth-order valence-corrected chi connectivity index (χ4v) is 3.75. The Kier molecular flexibility index (Phi) is 5.85.